The molecule has 1 saturated carbocycles. The summed E-state index contributed by atoms with van der Waals surface area (Å²) < 4.78 is 0. The lowest BCUT2D eigenvalue weighted by Gasteiger charge is -2.26. The Morgan fingerprint density at radius 1 is 1.35 bits per heavy atom. The SMILES string of the molecule is CCNc1cnc(C(=O)NCC2CCCC(C)C2)cn1. The van der Waals surface area contributed by atoms with Crippen LogP contribution in [0.25, 0.3) is 0 Å². The number of carbonyl (C=O) groups is 1. The van der Waals surface area contributed by atoms with Crippen LogP contribution < -0.4 is 10.6 Å². The van der Waals surface area contributed by atoms with Crippen molar-refractivity contribution in [2.75, 3.05) is 18.4 Å². The number of amides is 1. The summed E-state index contributed by atoms with van der Waals surface area (Å²) in [5.74, 6) is 1.96. The number of hydrogen-bond donors (Lipinski definition) is 2. The second-order valence-corrected chi connectivity index (χ2v) is 5.67. The minimum absolute atomic E-state index is 0.126. The zero-order valence-corrected chi connectivity index (χ0v) is 12.4. The average molecular weight is 276 g/mol. The molecule has 1 aromatic heterocycles. The highest BCUT2D eigenvalue weighted by Gasteiger charge is 2.19. The van der Waals surface area contributed by atoms with E-state index in [1.54, 1.807) is 6.20 Å². The smallest absolute Gasteiger partial charge is 0.271 e. The minimum atomic E-state index is -0.126. The number of carbonyl (C=O) groups excluding carboxylic acids is 1. The second kappa shape index (κ2) is 7.22. The molecule has 1 amide bonds. The molecule has 0 spiro atoms. The van der Waals surface area contributed by atoms with E-state index in [1.807, 2.05) is 6.92 Å². The van der Waals surface area contributed by atoms with Gasteiger partial charge in [0.25, 0.3) is 5.91 Å². The normalized spacial score (nSPS) is 22.3. The Balaban J connectivity index is 1.82. The van der Waals surface area contributed by atoms with E-state index < -0.39 is 0 Å². The van der Waals surface area contributed by atoms with Crippen molar-refractivity contribution in [2.24, 2.45) is 11.8 Å². The van der Waals surface area contributed by atoms with E-state index in [4.69, 9.17) is 0 Å². The lowest BCUT2D eigenvalue weighted by Crippen LogP contribution is -2.32. The number of nitrogens with zero attached hydrogens (tertiary/aromatic N) is 2. The monoisotopic (exact) mass is 276 g/mol. The van der Waals surface area contributed by atoms with Crippen LogP contribution >= 0.6 is 0 Å². The van der Waals surface area contributed by atoms with Crippen molar-refractivity contribution in [3.05, 3.63) is 18.1 Å². The summed E-state index contributed by atoms with van der Waals surface area (Å²) in [5.41, 5.74) is 0.385. The van der Waals surface area contributed by atoms with Gasteiger partial charge in [0.15, 0.2) is 0 Å². The number of anilines is 1. The van der Waals surface area contributed by atoms with Crippen LogP contribution in [0.4, 0.5) is 5.82 Å². The minimum Gasteiger partial charge on any atom is -0.369 e. The first-order valence-electron chi connectivity index (χ1n) is 7.53. The average Bonchev–Trinajstić information content (AvgIpc) is 2.46. The van der Waals surface area contributed by atoms with Crippen LogP contribution in [0, 0.1) is 11.8 Å². The van der Waals surface area contributed by atoms with E-state index in [9.17, 15) is 4.79 Å². The van der Waals surface area contributed by atoms with Crippen LogP contribution in [-0.4, -0.2) is 29.0 Å². The zero-order chi connectivity index (χ0) is 14.4. The molecule has 2 N–H and O–H groups in total. The van der Waals surface area contributed by atoms with E-state index in [1.165, 1.54) is 31.9 Å². The summed E-state index contributed by atoms with van der Waals surface area (Å²) in [5, 5.41) is 6.04. The van der Waals surface area contributed by atoms with Gasteiger partial charge < -0.3 is 10.6 Å². The third kappa shape index (κ3) is 4.18. The van der Waals surface area contributed by atoms with Gasteiger partial charge in [-0.15, -0.1) is 0 Å². The van der Waals surface area contributed by atoms with Gasteiger partial charge in [-0.1, -0.05) is 19.8 Å². The first-order valence-corrected chi connectivity index (χ1v) is 7.53. The first-order chi connectivity index (χ1) is 9.69. The van der Waals surface area contributed by atoms with Crippen molar-refractivity contribution in [2.45, 2.75) is 39.5 Å². The van der Waals surface area contributed by atoms with E-state index in [2.05, 4.69) is 27.5 Å². The molecule has 1 fully saturated rings. The molecule has 0 aromatic carbocycles. The van der Waals surface area contributed by atoms with Gasteiger partial charge in [0.2, 0.25) is 0 Å². The molecule has 0 saturated heterocycles. The fourth-order valence-electron chi connectivity index (χ4n) is 2.79. The van der Waals surface area contributed by atoms with Gasteiger partial charge in [-0.25, -0.2) is 9.97 Å². The Morgan fingerprint density at radius 3 is 2.85 bits per heavy atom. The van der Waals surface area contributed by atoms with Crippen molar-refractivity contribution in [3.8, 4) is 0 Å². The van der Waals surface area contributed by atoms with Gasteiger partial charge in [0.1, 0.15) is 11.5 Å². The Morgan fingerprint density at radius 2 is 2.20 bits per heavy atom. The Labute approximate surface area is 120 Å². The fraction of sp³-hybridized carbons (Fsp3) is 0.667. The van der Waals surface area contributed by atoms with Gasteiger partial charge in [0.05, 0.1) is 12.4 Å². The van der Waals surface area contributed by atoms with Crippen LogP contribution in [0.1, 0.15) is 50.0 Å². The van der Waals surface area contributed by atoms with Gasteiger partial charge >= 0.3 is 0 Å². The molecule has 1 aliphatic carbocycles. The van der Waals surface area contributed by atoms with E-state index in [-0.39, 0.29) is 5.91 Å². The quantitative estimate of drug-likeness (QED) is 0.867. The molecule has 1 aliphatic rings. The standard InChI is InChI=1S/C15H24N4O/c1-3-16-14-10-17-13(9-18-14)15(20)19-8-12-6-4-5-11(2)7-12/h9-12H,3-8H2,1-2H3,(H,16,18)(H,19,20). The van der Waals surface area contributed by atoms with Crippen molar-refractivity contribution in [3.63, 3.8) is 0 Å². The third-order valence-electron chi connectivity index (χ3n) is 3.84. The van der Waals surface area contributed by atoms with Crippen molar-refractivity contribution in [1.29, 1.82) is 0 Å². The largest absolute Gasteiger partial charge is 0.369 e. The number of nitrogens with one attached hydrogen (secondary N) is 2. The van der Waals surface area contributed by atoms with Crippen LogP contribution in [0.15, 0.2) is 12.4 Å². The van der Waals surface area contributed by atoms with E-state index >= 15 is 0 Å². The highest BCUT2D eigenvalue weighted by atomic mass is 16.1. The highest BCUT2D eigenvalue weighted by Crippen LogP contribution is 2.27. The molecule has 1 aromatic rings. The summed E-state index contributed by atoms with van der Waals surface area (Å²) >= 11 is 0. The third-order valence-corrected chi connectivity index (χ3v) is 3.84. The lowest BCUT2D eigenvalue weighted by molar-refractivity contribution is 0.0935. The molecule has 110 valence electrons. The lowest BCUT2D eigenvalue weighted by atomic mass is 9.82. The Hall–Kier alpha value is -1.65. The highest BCUT2D eigenvalue weighted by molar-refractivity contribution is 5.91. The van der Waals surface area contributed by atoms with Crippen LogP contribution in [0.2, 0.25) is 0 Å². The molecule has 5 heteroatoms. The summed E-state index contributed by atoms with van der Waals surface area (Å²) in [4.78, 5) is 20.3. The van der Waals surface area contributed by atoms with E-state index in [0.717, 1.165) is 19.0 Å². The van der Waals surface area contributed by atoms with Gasteiger partial charge in [-0.05, 0) is 31.6 Å². The summed E-state index contributed by atoms with van der Waals surface area (Å²) in [6.07, 6.45) is 8.15. The number of rotatable bonds is 5. The molecular formula is C15H24N4O. The van der Waals surface area contributed by atoms with Crippen molar-refractivity contribution >= 4 is 11.7 Å². The Kier molecular flexibility index (Phi) is 5.32. The molecule has 0 radical (unpaired) electrons. The number of hydrogen-bond acceptors (Lipinski definition) is 4. The van der Waals surface area contributed by atoms with Crippen molar-refractivity contribution in [1.82, 2.24) is 15.3 Å². The molecule has 0 aliphatic heterocycles. The predicted molar refractivity (Wildman–Crippen MR) is 79.7 cm³/mol. The van der Waals surface area contributed by atoms with Crippen LogP contribution in [-0.2, 0) is 0 Å². The van der Waals surface area contributed by atoms with Gasteiger partial charge in [0, 0.05) is 13.1 Å². The summed E-state index contributed by atoms with van der Waals surface area (Å²) in [6, 6.07) is 0. The molecule has 2 unspecified atom stereocenters. The maximum Gasteiger partial charge on any atom is 0.271 e. The summed E-state index contributed by atoms with van der Waals surface area (Å²) in [6.45, 7) is 5.83. The maximum absolute atomic E-state index is 12.0. The second-order valence-electron chi connectivity index (χ2n) is 5.67. The molecule has 0 bridgehead atoms. The van der Waals surface area contributed by atoms with E-state index in [0.29, 0.717) is 17.4 Å². The fourth-order valence-corrected chi connectivity index (χ4v) is 2.79. The van der Waals surface area contributed by atoms with Crippen molar-refractivity contribution < 1.29 is 4.79 Å². The summed E-state index contributed by atoms with van der Waals surface area (Å²) in [7, 11) is 0. The molecular weight excluding hydrogens is 252 g/mol. The number of aromatic nitrogens is 2. The molecule has 2 atom stereocenters. The topological polar surface area (TPSA) is 66.9 Å². The first kappa shape index (κ1) is 14.8. The molecule has 5 nitrogen and oxygen atoms in total. The molecule has 2 rings (SSSR count). The Bertz CT molecular complexity index is 432. The predicted octanol–water partition coefficient (Wildman–Crippen LogP) is 2.46. The van der Waals surface area contributed by atoms with Crippen LogP contribution in [0.3, 0.4) is 0 Å². The van der Waals surface area contributed by atoms with Gasteiger partial charge in [-0.2, -0.15) is 0 Å². The van der Waals surface area contributed by atoms with Crippen LogP contribution in [0.5, 0.6) is 0 Å². The zero-order valence-electron chi connectivity index (χ0n) is 12.4. The molecule has 20 heavy (non-hydrogen) atoms. The van der Waals surface area contributed by atoms with Gasteiger partial charge in [-0.3, -0.25) is 4.79 Å². The molecule has 1 heterocycles. The maximum atomic E-state index is 12.0.